The first-order chi connectivity index (χ1) is 17.7. The maximum Gasteiger partial charge on any atom is 0.295 e. The van der Waals surface area contributed by atoms with Gasteiger partial charge in [0.2, 0.25) is 0 Å². The van der Waals surface area contributed by atoms with E-state index in [9.17, 15) is 14.7 Å². The van der Waals surface area contributed by atoms with Crippen molar-refractivity contribution in [2.75, 3.05) is 26.2 Å². The lowest BCUT2D eigenvalue weighted by molar-refractivity contribution is -0.140. The third-order valence-corrected chi connectivity index (χ3v) is 7.21. The maximum atomic E-state index is 13.3. The Hall–Kier alpha value is -2.92. The molecule has 2 aromatic rings. The van der Waals surface area contributed by atoms with E-state index in [2.05, 4.69) is 51.7 Å². The number of ketones is 1. The molecule has 0 aromatic heterocycles. The highest BCUT2D eigenvalue weighted by Crippen LogP contribution is 2.40. The Morgan fingerprint density at radius 3 is 1.97 bits per heavy atom. The molecule has 5 nitrogen and oxygen atoms in total. The number of hydrogen-bond donors (Lipinski definition) is 1. The van der Waals surface area contributed by atoms with Crippen molar-refractivity contribution < 1.29 is 14.7 Å². The average molecular weight is 505 g/mol. The molecule has 0 aliphatic carbocycles. The van der Waals surface area contributed by atoms with Crippen molar-refractivity contribution >= 4 is 17.4 Å². The minimum atomic E-state index is -0.611. The minimum absolute atomic E-state index is 0.00911. The van der Waals surface area contributed by atoms with E-state index >= 15 is 0 Å². The molecule has 3 rings (SSSR count). The van der Waals surface area contributed by atoms with Crippen LogP contribution in [0.25, 0.3) is 5.76 Å². The zero-order valence-corrected chi connectivity index (χ0v) is 23.3. The molecule has 1 amide bonds. The maximum absolute atomic E-state index is 13.3. The molecule has 200 valence electrons. The summed E-state index contributed by atoms with van der Waals surface area (Å²) < 4.78 is 0. The van der Waals surface area contributed by atoms with E-state index in [1.807, 2.05) is 30.3 Å². The third-order valence-electron chi connectivity index (χ3n) is 7.21. The fourth-order valence-corrected chi connectivity index (χ4v) is 4.94. The van der Waals surface area contributed by atoms with Crippen LogP contribution in [0.5, 0.6) is 0 Å². The first-order valence-corrected chi connectivity index (χ1v) is 13.9. The van der Waals surface area contributed by atoms with Gasteiger partial charge in [0.05, 0.1) is 11.6 Å². The van der Waals surface area contributed by atoms with E-state index in [0.29, 0.717) is 12.1 Å². The van der Waals surface area contributed by atoms with Crippen LogP contribution in [-0.4, -0.2) is 52.8 Å². The number of hydrogen-bond acceptors (Lipinski definition) is 4. The molecule has 37 heavy (non-hydrogen) atoms. The van der Waals surface area contributed by atoms with Gasteiger partial charge in [0.25, 0.3) is 11.7 Å². The summed E-state index contributed by atoms with van der Waals surface area (Å²) in [5.41, 5.74) is 2.73. The highest BCUT2D eigenvalue weighted by molar-refractivity contribution is 6.46. The first kappa shape index (κ1) is 28.6. The van der Waals surface area contributed by atoms with Crippen LogP contribution in [-0.2, 0) is 15.0 Å². The number of aliphatic hydroxyl groups is 1. The fraction of sp³-hybridized carbons (Fsp3) is 0.500. The number of likely N-dealkylation sites (tertiary alicyclic amines) is 1. The van der Waals surface area contributed by atoms with E-state index in [-0.39, 0.29) is 16.7 Å². The molecule has 1 fully saturated rings. The molecule has 1 aliphatic rings. The predicted octanol–water partition coefficient (Wildman–Crippen LogP) is 6.70. The number of unbranched alkanes of at least 4 members (excludes halogenated alkanes) is 2. The minimum Gasteiger partial charge on any atom is -0.507 e. The van der Waals surface area contributed by atoms with Gasteiger partial charge in [-0.25, -0.2) is 0 Å². The van der Waals surface area contributed by atoms with Gasteiger partial charge < -0.3 is 14.9 Å². The smallest absolute Gasteiger partial charge is 0.295 e. The van der Waals surface area contributed by atoms with E-state index < -0.39 is 17.7 Å². The number of rotatable bonds is 12. The predicted molar refractivity (Wildman–Crippen MR) is 151 cm³/mol. The second-order valence-electron chi connectivity index (χ2n) is 11.1. The van der Waals surface area contributed by atoms with Gasteiger partial charge in [-0.05, 0) is 55.4 Å². The molecular weight excluding hydrogens is 460 g/mol. The molecule has 5 heteroatoms. The van der Waals surface area contributed by atoms with Crippen molar-refractivity contribution in [3.63, 3.8) is 0 Å². The standard InChI is InChI=1S/C32H44N2O3/c1-6-8-20-33(21-9-7-2)22-13-23-34-28(24-16-18-26(19-17-24)32(3,4)5)27(30(36)31(34)37)29(35)25-14-11-10-12-15-25/h10-12,14-19,28,35H,6-9,13,20-23H2,1-5H3/t28-/m0/s1. The van der Waals surface area contributed by atoms with Gasteiger partial charge in [0, 0.05) is 12.1 Å². The van der Waals surface area contributed by atoms with E-state index in [1.54, 1.807) is 17.0 Å². The molecule has 1 heterocycles. The van der Waals surface area contributed by atoms with Gasteiger partial charge in [0.1, 0.15) is 5.76 Å². The number of benzene rings is 2. The zero-order valence-electron chi connectivity index (χ0n) is 23.3. The summed E-state index contributed by atoms with van der Waals surface area (Å²) in [4.78, 5) is 30.7. The Morgan fingerprint density at radius 1 is 0.865 bits per heavy atom. The fourth-order valence-electron chi connectivity index (χ4n) is 4.94. The topological polar surface area (TPSA) is 60.9 Å². The Morgan fingerprint density at radius 2 is 1.43 bits per heavy atom. The number of Topliss-reactive ketones (excluding diaryl/α,β-unsaturated/α-hetero) is 1. The number of carbonyl (C=O) groups excluding carboxylic acids is 2. The van der Waals surface area contributed by atoms with Gasteiger partial charge in [-0.1, -0.05) is 102 Å². The second kappa shape index (κ2) is 13.0. The summed E-state index contributed by atoms with van der Waals surface area (Å²) in [7, 11) is 0. The molecule has 0 radical (unpaired) electrons. The van der Waals surface area contributed by atoms with Crippen molar-refractivity contribution in [3.8, 4) is 0 Å². The summed E-state index contributed by atoms with van der Waals surface area (Å²) in [5, 5.41) is 11.2. The van der Waals surface area contributed by atoms with Crippen molar-refractivity contribution in [2.24, 2.45) is 0 Å². The SMILES string of the molecule is CCCCN(CCCC)CCCN1C(=O)C(=O)C(=C(O)c2ccccc2)[C@@H]1c1ccc(C(C)(C)C)cc1. The number of carbonyl (C=O) groups is 2. The molecular formula is C32H44N2O3. The highest BCUT2D eigenvalue weighted by atomic mass is 16.3. The van der Waals surface area contributed by atoms with Crippen LogP contribution in [0, 0.1) is 0 Å². The number of amides is 1. The Labute approximate surface area is 223 Å². The summed E-state index contributed by atoms with van der Waals surface area (Å²) in [6, 6.07) is 16.6. The zero-order chi connectivity index (χ0) is 27.0. The van der Waals surface area contributed by atoms with E-state index in [4.69, 9.17) is 0 Å². The molecule has 0 bridgehead atoms. The van der Waals surface area contributed by atoms with Crippen molar-refractivity contribution in [1.29, 1.82) is 0 Å². The lowest BCUT2D eigenvalue weighted by atomic mass is 9.85. The summed E-state index contributed by atoms with van der Waals surface area (Å²) in [6.07, 6.45) is 5.40. The molecule has 0 spiro atoms. The van der Waals surface area contributed by atoms with Crippen LogP contribution >= 0.6 is 0 Å². The third kappa shape index (κ3) is 7.10. The van der Waals surface area contributed by atoms with E-state index in [1.165, 1.54) is 5.56 Å². The Kier molecular flexibility index (Phi) is 10.1. The van der Waals surface area contributed by atoms with Gasteiger partial charge in [-0.3, -0.25) is 9.59 Å². The summed E-state index contributed by atoms with van der Waals surface area (Å²) in [5.74, 6) is -1.25. The lowest BCUT2D eigenvalue weighted by Gasteiger charge is -2.28. The van der Waals surface area contributed by atoms with Crippen molar-refractivity contribution in [2.45, 2.75) is 78.2 Å². The van der Waals surface area contributed by atoms with Gasteiger partial charge in [-0.2, -0.15) is 0 Å². The molecule has 0 saturated carbocycles. The van der Waals surface area contributed by atoms with Crippen LogP contribution in [0.15, 0.2) is 60.2 Å². The monoisotopic (exact) mass is 504 g/mol. The van der Waals surface area contributed by atoms with Gasteiger partial charge in [-0.15, -0.1) is 0 Å². The first-order valence-electron chi connectivity index (χ1n) is 13.9. The van der Waals surface area contributed by atoms with Gasteiger partial charge >= 0.3 is 0 Å². The molecule has 0 unspecified atom stereocenters. The molecule has 2 aromatic carbocycles. The van der Waals surface area contributed by atoms with Crippen molar-refractivity contribution in [1.82, 2.24) is 9.80 Å². The van der Waals surface area contributed by atoms with Crippen LogP contribution in [0.3, 0.4) is 0 Å². The molecule has 1 atom stereocenters. The average Bonchev–Trinajstić information content (AvgIpc) is 3.14. The highest BCUT2D eigenvalue weighted by Gasteiger charge is 2.45. The lowest BCUT2D eigenvalue weighted by Crippen LogP contribution is -2.34. The summed E-state index contributed by atoms with van der Waals surface area (Å²) >= 11 is 0. The largest absolute Gasteiger partial charge is 0.507 e. The van der Waals surface area contributed by atoms with Crippen LogP contribution in [0.4, 0.5) is 0 Å². The Balaban J connectivity index is 1.93. The molecule has 1 saturated heterocycles. The van der Waals surface area contributed by atoms with Crippen molar-refractivity contribution in [3.05, 3.63) is 76.9 Å². The van der Waals surface area contributed by atoms with Gasteiger partial charge in [0.15, 0.2) is 0 Å². The normalized spacial score (nSPS) is 17.7. The summed E-state index contributed by atoms with van der Waals surface area (Å²) in [6.45, 7) is 14.4. The van der Waals surface area contributed by atoms with Crippen LogP contribution in [0.1, 0.15) is 89.5 Å². The van der Waals surface area contributed by atoms with E-state index in [0.717, 1.165) is 57.3 Å². The number of aliphatic hydroxyl groups excluding tert-OH is 1. The second-order valence-corrected chi connectivity index (χ2v) is 11.1. The van der Waals surface area contributed by atoms with Crippen LogP contribution in [0.2, 0.25) is 0 Å². The molecule has 1 aliphatic heterocycles. The molecule has 1 N–H and O–H groups in total. The number of nitrogens with zero attached hydrogens (tertiary/aromatic N) is 2. The van der Waals surface area contributed by atoms with Crippen LogP contribution < -0.4 is 0 Å². The Bertz CT molecular complexity index is 1060. The quantitative estimate of drug-likeness (QED) is 0.199.